The minimum atomic E-state index is -4.55. The molecule has 2 aromatic carbocycles. The molecule has 0 N–H and O–H groups in total. The zero-order chi connectivity index (χ0) is 15.8. The summed E-state index contributed by atoms with van der Waals surface area (Å²) >= 11 is 0. The van der Waals surface area contributed by atoms with Gasteiger partial charge in [0.2, 0.25) is 0 Å². The van der Waals surface area contributed by atoms with Gasteiger partial charge in [-0.3, -0.25) is 0 Å². The summed E-state index contributed by atoms with van der Waals surface area (Å²) in [5, 5.41) is 0. The summed E-state index contributed by atoms with van der Waals surface area (Å²) in [7, 11) is 0. The van der Waals surface area contributed by atoms with Gasteiger partial charge in [0, 0.05) is 18.2 Å². The molecule has 0 amide bonds. The van der Waals surface area contributed by atoms with Crippen LogP contribution in [0.1, 0.15) is 5.56 Å². The van der Waals surface area contributed by atoms with Crippen LogP contribution in [0.5, 0.6) is 5.75 Å². The number of hydrogen-bond donors (Lipinski definition) is 0. The third-order valence-corrected chi connectivity index (χ3v) is 2.44. The highest BCUT2D eigenvalue weighted by Gasteiger charge is 2.41. The smallest absolute Gasteiger partial charge is 0.429 e. The molecular formula is C13H5F7O. The van der Waals surface area contributed by atoms with E-state index in [1.165, 1.54) is 0 Å². The van der Waals surface area contributed by atoms with E-state index in [0.29, 0.717) is 12.1 Å². The van der Waals surface area contributed by atoms with Crippen molar-refractivity contribution < 1.29 is 35.5 Å². The van der Waals surface area contributed by atoms with Crippen molar-refractivity contribution >= 4 is 0 Å². The number of halogens is 7. The number of rotatable bonds is 3. The molecule has 8 heteroatoms. The zero-order valence-corrected chi connectivity index (χ0v) is 9.94. The molecule has 0 radical (unpaired) electrons. The van der Waals surface area contributed by atoms with Crippen molar-refractivity contribution in [3.8, 4) is 5.75 Å². The van der Waals surface area contributed by atoms with Gasteiger partial charge in [0.15, 0.2) is 11.6 Å². The van der Waals surface area contributed by atoms with Crippen molar-refractivity contribution in [1.29, 1.82) is 0 Å². The van der Waals surface area contributed by atoms with Crippen LogP contribution in [0.4, 0.5) is 30.7 Å². The third-order valence-electron chi connectivity index (χ3n) is 2.44. The summed E-state index contributed by atoms with van der Waals surface area (Å²) in [5.41, 5.74) is -1.84. The lowest BCUT2D eigenvalue weighted by atomic mass is 10.1. The summed E-state index contributed by atoms with van der Waals surface area (Å²) in [5.74, 6) is -8.80. The average Bonchev–Trinajstić information content (AvgIpc) is 2.31. The highest BCUT2D eigenvalue weighted by molar-refractivity contribution is 5.28. The van der Waals surface area contributed by atoms with E-state index in [-0.39, 0.29) is 18.2 Å². The standard InChI is InChI=1S/C13H5F7O/c14-6-3-10(17)12(11(18)4-6)13(19,20)21-7-1-2-8(15)9(16)5-7/h1-5H. The second kappa shape index (κ2) is 5.27. The Kier molecular flexibility index (Phi) is 3.80. The summed E-state index contributed by atoms with van der Waals surface area (Å²) < 4.78 is 96.1. The van der Waals surface area contributed by atoms with Crippen molar-refractivity contribution in [2.45, 2.75) is 6.11 Å². The van der Waals surface area contributed by atoms with Crippen molar-refractivity contribution in [3.63, 3.8) is 0 Å². The van der Waals surface area contributed by atoms with E-state index in [2.05, 4.69) is 4.74 Å². The van der Waals surface area contributed by atoms with Crippen LogP contribution in [0.15, 0.2) is 30.3 Å². The first-order chi connectivity index (χ1) is 9.70. The Hall–Kier alpha value is -2.25. The predicted octanol–water partition coefficient (Wildman–Crippen LogP) is 4.51. The van der Waals surface area contributed by atoms with Gasteiger partial charge < -0.3 is 4.74 Å². The normalized spacial score (nSPS) is 11.6. The first kappa shape index (κ1) is 15.1. The zero-order valence-electron chi connectivity index (χ0n) is 9.94. The Labute approximate surface area is 113 Å². The Balaban J connectivity index is 2.40. The lowest BCUT2D eigenvalue weighted by molar-refractivity contribution is -0.189. The number of ether oxygens (including phenoxy) is 1. The number of benzene rings is 2. The molecule has 2 rings (SSSR count). The number of hydrogen-bond acceptors (Lipinski definition) is 1. The molecular weight excluding hydrogens is 305 g/mol. The maximum atomic E-state index is 13.7. The fraction of sp³-hybridized carbons (Fsp3) is 0.0769. The van der Waals surface area contributed by atoms with Gasteiger partial charge in [-0.1, -0.05) is 0 Å². The SMILES string of the molecule is Fc1cc(F)c(C(F)(F)Oc2ccc(F)c(F)c2)c(F)c1. The Morgan fingerprint density at radius 2 is 1.29 bits per heavy atom. The Bertz CT molecular complexity index is 661. The van der Waals surface area contributed by atoms with Crippen molar-refractivity contribution in [2.75, 3.05) is 0 Å². The molecule has 0 fully saturated rings. The quantitative estimate of drug-likeness (QED) is 0.758. The average molecular weight is 310 g/mol. The molecule has 0 bridgehead atoms. The summed E-state index contributed by atoms with van der Waals surface area (Å²) in [6.45, 7) is 0. The van der Waals surface area contributed by atoms with E-state index < -0.39 is 46.5 Å². The van der Waals surface area contributed by atoms with E-state index in [4.69, 9.17) is 0 Å². The lowest BCUT2D eigenvalue weighted by Gasteiger charge is -2.19. The largest absolute Gasteiger partial charge is 0.432 e. The highest BCUT2D eigenvalue weighted by atomic mass is 19.3. The van der Waals surface area contributed by atoms with E-state index in [1.807, 2.05) is 0 Å². The Morgan fingerprint density at radius 1 is 0.714 bits per heavy atom. The molecule has 0 saturated heterocycles. The van der Waals surface area contributed by atoms with Crippen LogP contribution >= 0.6 is 0 Å². The summed E-state index contributed by atoms with van der Waals surface area (Å²) in [6, 6.07) is 1.51. The molecule has 0 heterocycles. The van der Waals surface area contributed by atoms with E-state index in [1.54, 1.807) is 0 Å². The molecule has 0 aliphatic heterocycles. The molecule has 112 valence electrons. The fourth-order valence-corrected chi connectivity index (χ4v) is 1.56. The maximum Gasteiger partial charge on any atom is 0.432 e. The van der Waals surface area contributed by atoms with Crippen LogP contribution < -0.4 is 4.74 Å². The summed E-state index contributed by atoms with van der Waals surface area (Å²) in [4.78, 5) is 0. The van der Waals surface area contributed by atoms with Gasteiger partial charge in [-0.15, -0.1) is 0 Å². The van der Waals surface area contributed by atoms with Crippen LogP contribution in [0.2, 0.25) is 0 Å². The van der Waals surface area contributed by atoms with E-state index >= 15 is 0 Å². The van der Waals surface area contributed by atoms with Crippen molar-refractivity contribution in [3.05, 3.63) is 65.0 Å². The van der Waals surface area contributed by atoms with Gasteiger partial charge in [-0.05, 0) is 12.1 Å². The molecule has 0 saturated carbocycles. The van der Waals surface area contributed by atoms with Crippen LogP contribution in [0.3, 0.4) is 0 Å². The second-order valence-corrected chi connectivity index (χ2v) is 3.94. The molecule has 21 heavy (non-hydrogen) atoms. The molecule has 2 aromatic rings. The lowest BCUT2D eigenvalue weighted by Crippen LogP contribution is -2.25. The van der Waals surface area contributed by atoms with Gasteiger partial charge in [0.1, 0.15) is 28.8 Å². The topological polar surface area (TPSA) is 9.23 Å². The van der Waals surface area contributed by atoms with Crippen molar-refractivity contribution in [1.82, 2.24) is 0 Å². The molecule has 0 aliphatic rings. The van der Waals surface area contributed by atoms with Gasteiger partial charge >= 0.3 is 6.11 Å². The molecule has 1 nitrogen and oxygen atoms in total. The first-order valence-corrected chi connectivity index (χ1v) is 5.37. The van der Waals surface area contributed by atoms with Crippen LogP contribution in [-0.4, -0.2) is 0 Å². The predicted molar refractivity (Wildman–Crippen MR) is 57.2 cm³/mol. The molecule has 0 unspecified atom stereocenters. The van der Waals surface area contributed by atoms with Gasteiger partial charge in [0.05, 0.1) is 0 Å². The minimum Gasteiger partial charge on any atom is -0.429 e. The van der Waals surface area contributed by atoms with Crippen LogP contribution in [0, 0.1) is 29.1 Å². The second-order valence-electron chi connectivity index (χ2n) is 3.94. The van der Waals surface area contributed by atoms with Crippen LogP contribution in [-0.2, 0) is 6.11 Å². The minimum absolute atomic E-state index is 0.0426. The van der Waals surface area contributed by atoms with Crippen LogP contribution in [0.25, 0.3) is 0 Å². The van der Waals surface area contributed by atoms with Gasteiger partial charge in [-0.2, -0.15) is 8.78 Å². The highest BCUT2D eigenvalue weighted by Crippen LogP contribution is 2.35. The molecule has 0 atom stereocenters. The van der Waals surface area contributed by atoms with E-state index in [9.17, 15) is 30.7 Å². The monoisotopic (exact) mass is 310 g/mol. The first-order valence-electron chi connectivity index (χ1n) is 5.37. The molecule has 0 spiro atoms. The van der Waals surface area contributed by atoms with Gasteiger partial charge in [-0.25, -0.2) is 22.0 Å². The van der Waals surface area contributed by atoms with Gasteiger partial charge in [0.25, 0.3) is 0 Å². The van der Waals surface area contributed by atoms with E-state index in [0.717, 1.165) is 0 Å². The maximum absolute atomic E-state index is 13.7. The molecule has 0 aliphatic carbocycles. The third kappa shape index (κ3) is 3.09. The summed E-state index contributed by atoms with van der Waals surface area (Å²) in [6.07, 6.45) is -4.55. The van der Waals surface area contributed by atoms with Crippen molar-refractivity contribution in [2.24, 2.45) is 0 Å². The number of alkyl halides is 2. The molecule has 0 aromatic heterocycles. The fourth-order valence-electron chi connectivity index (χ4n) is 1.56. The Morgan fingerprint density at radius 3 is 1.81 bits per heavy atom.